The molecule has 20 heavy (non-hydrogen) atoms. The van der Waals surface area contributed by atoms with E-state index in [1.54, 1.807) is 27.3 Å². The largest absolute Gasteiger partial charge is 0.356 e. The van der Waals surface area contributed by atoms with E-state index in [4.69, 9.17) is 0 Å². The van der Waals surface area contributed by atoms with E-state index < -0.39 is 10.0 Å². The van der Waals surface area contributed by atoms with Gasteiger partial charge in [0.1, 0.15) is 0 Å². The van der Waals surface area contributed by atoms with Gasteiger partial charge in [-0.15, -0.1) is 0 Å². The molecule has 1 saturated carbocycles. The molecule has 1 aliphatic heterocycles. The number of nitrogens with zero attached hydrogens (tertiary/aromatic N) is 2. The van der Waals surface area contributed by atoms with E-state index >= 15 is 0 Å². The minimum atomic E-state index is -3.30. The molecular weight excluding hydrogens is 274 g/mol. The lowest BCUT2D eigenvalue weighted by atomic mass is 10.1. The molecule has 3 rings (SSSR count). The topological polar surface area (TPSA) is 54.3 Å². The fourth-order valence-electron chi connectivity index (χ4n) is 2.74. The van der Waals surface area contributed by atoms with Crippen LogP contribution in [-0.4, -0.2) is 43.0 Å². The Bertz CT molecular complexity index is 555. The third kappa shape index (κ3) is 3.07. The standard InChI is InChI=1S/C14H23N3O2S/c1-16-7-6-14(11-16)20(18,19)17-8-4-13(5-9-17)15-10-12-2-3-12/h6-7,11-13,15H,2-5,8-10H2,1H3. The summed E-state index contributed by atoms with van der Waals surface area (Å²) in [7, 11) is -1.46. The molecule has 2 fully saturated rings. The zero-order chi connectivity index (χ0) is 14.2. The van der Waals surface area contributed by atoms with Gasteiger partial charge in [0.2, 0.25) is 10.0 Å². The van der Waals surface area contributed by atoms with Gasteiger partial charge in [-0.2, -0.15) is 4.31 Å². The van der Waals surface area contributed by atoms with Crippen LogP contribution in [0.5, 0.6) is 0 Å². The monoisotopic (exact) mass is 297 g/mol. The molecule has 1 N–H and O–H groups in total. The molecule has 6 heteroatoms. The van der Waals surface area contributed by atoms with Crippen LogP contribution in [0.2, 0.25) is 0 Å². The van der Waals surface area contributed by atoms with Gasteiger partial charge in [-0.3, -0.25) is 0 Å². The number of nitrogens with one attached hydrogen (secondary N) is 1. The zero-order valence-electron chi connectivity index (χ0n) is 12.0. The second kappa shape index (κ2) is 5.50. The van der Waals surface area contributed by atoms with E-state index in [9.17, 15) is 8.42 Å². The van der Waals surface area contributed by atoms with Crippen LogP contribution in [0.1, 0.15) is 25.7 Å². The number of hydrogen-bond donors (Lipinski definition) is 1. The summed E-state index contributed by atoms with van der Waals surface area (Å²) in [6.45, 7) is 2.36. The maximum Gasteiger partial charge on any atom is 0.244 e. The molecule has 0 aromatic carbocycles. The van der Waals surface area contributed by atoms with E-state index in [1.165, 1.54) is 12.8 Å². The Morgan fingerprint density at radius 3 is 2.50 bits per heavy atom. The van der Waals surface area contributed by atoms with Crippen molar-refractivity contribution >= 4 is 10.0 Å². The van der Waals surface area contributed by atoms with E-state index in [0.29, 0.717) is 24.0 Å². The maximum atomic E-state index is 12.5. The Labute approximate surface area is 121 Å². The quantitative estimate of drug-likeness (QED) is 0.888. The first-order chi connectivity index (χ1) is 9.55. The number of sulfonamides is 1. The Hall–Kier alpha value is -0.850. The molecule has 1 saturated heterocycles. The fraction of sp³-hybridized carbons (Fsp3) is 0.714. The summed E-state index contributed by atoms with van der Waals surface area (Å²) in [4.78, 5) is 0.407. The van der Waals surface area contributed by atoms with Crippen LogP contribution in [0.3, 0.4) is 0 Å². The molecule has 0 bridgehead atoms. The third-order valence-electron chi connectivity index (χ3n) is 4.29. The molecule has 0 radical (unpaired) electrons. The predicted octanol–water partition coefficient (Wildman–Crippen LogP) is 1.18. The molecule has 0 spiro atoms. The van der Waals surface area contributed by atoms with Crippen LogP contribution < -0.4 is 5.32 Å². The number of aryl methyl sites for hydroxylation is 1. The highest BCUT2D eigenvalue weighted by molar-refractivity contribution is 7.89. The third-order valence-corrected chi connectivity index (χ3v) is 6.17. The van der Waals surface area contributed by atoms with Crippen molar-refractivity contribution < 1.29 is 8.42 Å². The Balaban J connectivity index is 1.56. The Morgan fingerprint density at radius 1 is 1.25 bits per heavy atom. The predicted molar refractivity (Wildman–Crippen MR) is 77.9 cm³/mol. The number of aromatic nitrogens is 1. The molecule has 2 aliphatic rings. The van der Waals surface area contributed by atoms with Crippen LogP contribution in [0.15, 0.2) is 23.4 Å². The fourth-order valence-corrected chi connectivity index (χ4v) is 4.26. The van der Waals surface area contributed by atoms with Crippen molar-refractivity contribution in [2.24, 2.45) is 13.0 Å². The second-order valence-electron chi connectivity index (χ2n) is 6.04. The van der Waals surface area contributed by atoms with Gasteiger partial charge in [-0.05, 0) is 44.2 Å². The molecular formula is C14H23N3O2S. The number of piperidine rings is 1. The first-order valence-corrected chi connectivity index (χ1v) is 8.85. The minimum Gasteiger partial charge on any atom is -0.356 e. The van der Waals surface area contributed by atoms with Crippen LogP contribution in [0.4, 0.5) is 0 Å². The molecule has 1 aromatic rings. The average molecular weight is 297 g/mol. The smallest absolute Gasteiger partial charge is 0.244 e. The van der Waals surface area contributed by atoms with E-state index in [1.807, 2.05) is 7.05 Å². The molecule has 5 nitrogen and oxygen atoms in total. The first kappa shape index (κ1) is 14.1. The Morgan fingerprint density at radius 2 is 1.95 bits per heavy atom. The van der Waals surface area contributed by atoms with Crippen molar-refractivity contribution in [3.05, 3.63) is 18.5 Å². The molecule has 1 aliphatic carbocycles. The van der Waals surface area contributed by atoms with Crippen molar-refractivity contribution in [2.45, 2.75) is 36.6 Å². The van der Waals surface area contributed by atoms with Crippen LogP contribution in [-0.2, 0) is 17.1 Å². The van der Waals surface area contributed by atoms with Gasteiger partial charge in [0.05, 0.1) is 4.90 Å². The van der Waals surface area contributed by atoms with Crippen molar-refractivity contribution in [2.75, 3.05) is 19.6 Å². The van der Waals surface area contributed by atoms with Crippen molar-refractivity contribution in [1.82, 2.24) is 14.2 Å². The van der Waals surface area contributed by atoms with Gasteiger partial charge in [-0.1, -0.05) is 0 Å². The molecule has 0 unspecified atom stereocenters. The Kier molecular flexibility index (Phi) is 3.88. The summed E-state index contributed by atoms with van der Waals surface area (Å²) in [6.07, 6.45) is 7.99. The van der Waals surface area contributed by atoms with Crippen LogP contribution in [0, 0.1) is 5.92 Å². The van der Waals surface area contributed by atoms with E-state index in [0.717, 1.165) is 25.3 Å². The minimum absolute atomic E-state index is 0.407. The highest BCUT2D eigenvalue weighted by Gasteiger charge is 2.30. The maximum absolute atomic E-state index is 12.5. The normalized spacial score (nSPS) is 22.2. The van der Waals surface area contributed by atoms with Gasteiger partial charge in [0.25, 0.3) is 0 Å². The molecule has 2 heterocycles. The summed E-state index contributed by atoms with van der Waals surface area (Å²) in [5.41, 5.74) is 0. The van der Waals surface area contributed by atoms with E-state index in [-0.39, 0.29) is 0 Å². The van der Waals surface area contributed by atoms with Gasteiger partial charge in [0.15, 0.2) is 0 Å². The molecule has 112 valence electrons. The summed E-state index contributed by atoms with van der Waals surface area (Å²) in [5, 5.41) is 3.57. The van der Waals surface area contributed by atoms with Crippen LogP contribution >= 0.6 is 0 Å². The average Bonchev–Trinajstić information content (AvgIpc) is 3.17. The summed E-state index contributed by atoms with van der Waals surface area (Å²) in [5.74, 6) is 0.876. The van der Waals surface area contributed by atoms with Crippen LogP contribution in [0.25, 0.3) is 0 Å². The highest BCUT2D eigenvalue weighted by atomic mass is 32.2. The van der Waals surface area contributed by atoms with Gasteiger partial charge in [-0.25, -0.2) is 8.42 Å². The lowest BCUT2D eigenvalue weighted by molar-refractivity contribution is 0.288. The lowest BCUT2D eigenvalue weighted by Gasteiger charge is -2.31. The van der Waals surface area contributed by atoms with E-state index in [2.05, 4.69) is 5.32 Å². The zero-order valence-corrected chi connectivity index (χ0v) is 12.8. The van der Waals surface area contributed by atoms with Gasteiger partial charge in [0, 0.05) is 38.6 Å². The summed E-state index contributed by atoms with van der Waals surface area (Å²) >= 11 is 0. The van der Waals surface area contributed by atoms with Crippen molar-refractivity contribution in [3.8, 4) is 0 Å². The highest BCUT2D eigenvalue weighted by Crippen LogP contribution is 2.28. The second-order valence-corrected chi connectivity index (χ2v) is 7.98. The first-order valence-electron chi connectivity index (χ1n) is 7.41. The van der Waals surface area contributed by atoms with Crippen molar-refractivity contribution in [3.63, 3.8) is 0 Å². The lowest BCUT2D eigenvalue weighted by Crippen LogP contribution is -2.45. The number of rotatable bonds is 5. The molecule has 1 aromatic heterocycles. The summed E-state index contributed by atoms with van der Waals surface area (Å²) in [6, 6.07) is 2.16. The van der Waals surface area contributed by atoms with Crippen molar-refractivity contribution in [1.29, 1.82) is 0 Å². The SMILES string of the molecule is Cn1ccc(S(=O)(=O)N2CCC(NCC3CC3)CC2)c1. The molecule has 0 amide bonds. The van der Waals surface area contributed by atoms with Gasteiger partial charge < -0.3 is 9.88 Å². The van der Waals surface area contributed by atoms with Gasteiger partial charge >= 0.3 is 0 Å². The summed E-state index contributed by atoms with van der Waals surface area (Å²) < 4.78 is 28.3. The molecule has 0 atom stereocenters. The number of hydrogen-bond acceptors (Lipinski definition) is 3.